The van der Waals surface area contributed by atoms with Crippen molar-refractivity contribution in [1.82, 2.24) is 0 Å². The van der Waals surface area contributed by atoms with Crippen LogP contribution in [-0.2, 0) is 0 Å². The molecule has 0 N–H and O–H groups in total. The van der Waals surface area contributed by atoms with E-state index in [2.05, 4.69) is 66.7 Å². The zero-order chi connectivity index (χ0) is 14.5. The Morgan fingerprint density at radius 3 is 1.52 bits per heavy atom. The summed E-state index contributed by atoms with van der Waals surface area (Å²) in [6, 6.07) is 27.2. The van der Waals surface area contributed by atoms with Gasteiger partial charge in [0.2, 0.25) is 0 Å². The van der Waals surface area contributed by atoms with E-state index < -0.39 is 0 Å². The van der Waals surface area contributed by atoms with Gasteiger partial charge in [-0.2, -0.15) is 0 Å². The Morgan fingerprint density at radius 2 is 1.10 bits per heavy atom. The van der Waals surface area contributed by atoms with Gasteiger partial charge in [0, 0.05) is 0 Å². The molecule has 0 radical (unpaired) electrons. The van der Waals surface area contributed by atoms with Crippen molar-refractivity contribution in [3.05, 3.63) is 78.9 Å². The monoisotopic (exact) mass is 274 g/mol. The zero-order valence-electron chi connectivity index (χ0n) is 12.1. The summed E-state index contributed by atoms with van der Waals surface area (Å²) in [5, 5.41) is 0. The number of ether oxygens (including phenoxy) is 1. The van der Waals surface area contributed by atoms with Crippen molar-refractivity contribution in [2.75, 3.05) is 6.61 Å². The maximum Gasteiger partial charge on any atom is 0.120 e. The predicted molar refractivity (Wildman–Crippen MR) is 88.5 cm³/mol. The van der Waals surface area contributed by atoms with Crippen LogP contribution in [0.25, 0.3) is 22.3 Å². The first kappa shape index (κ1) is 13.4. The second kappa shape index (κ2) is 6.27. The average Bonchev–Trinajstić information content (AvgIpc) is 2.56. The van der Waals surface area contributed by atoms with Gasteiger partial charge in [-0.15, -0.1) is 0 Å². The standard InChI is InChI=1S/C20H18O/c1-2-21-20-14-18(16-9-5-3-6-10-16)13-19(15-20)17-11-7-4-8-12-17/h3-15H,2H2,1H3. The van der Waals surface area contributed by atoms with Crippen LogP contribution in [0.3, 0.4) is 0 Å². The van der Waals surface area contributed by atoms with Crippen LogP contribution in [0, 0.1) is 0 Å². The molecule has 21 heavy (non-hydrogen) atoms. The van der Waals surface area contributed by atoms with E-state index in [1.54, 1.807) is 0 Å². The van der Waals surface area contributed by atoms with Crippen molar-refractivity contribution in [2.24, 2.45) is 0 Å². The third-order valence-electron chi connectivity index (χ3n) is 3.43. The minimum Gasteiger partial charge on any atom is -0.494 e. The minimum atomic E-state index is 0.673. The lowest BCUT2D eigenvalue weighted by Crippen LogP contribution is -1.92. The van der Waals surface area contributed by atoms with Crippen LogP contribution in [0.15, 0.2) is 78.9 Å². The summed E-state index contributed by atoms with van der Waals surface area (Å²) in [4.78, 5) is 0. The van der Waals surface area contributed by atoms with Crippen LogP contribution in [0.4, 0.5) is 0 Å². The average molecular weight is 274 g/mol. The van der Waals surface area contributed by atoms with Gasteiger partial charge in [0.05, 0.1) is 6.61 Å². The molecule has 1 nitrogen and oxygen atoms in total. The molecule has 0 saturated carbocycles. The van der Waals surface area contributed by atoms with Crippen LogP contribution >= 0.6 is 0 Å². The molecule has 0 aliphatic rings. The number of rotatable bonds is 4. The predicted octanol–water partition coefficient (Wildman–Crippen LogP) is 5.42. The maximum atomic E-state index is 5.73. The van der Waals surface area contributed by atoms with Crippen LogP contribution in [0.5, 0.6) is 5.75 Å². The van der Waals surface area contributed by atoms with Gasteiger partial charge in [-0.25, -0.2) is 0 Å². The molecule has 0 aliphatic heterocycles. The highest BCUT2D eigenvalue weighted by Gasteiger charge is 2.05. The Labute approximate surface area is 125 Å². The van der Waals surface area contributed by atoms with E-state index in [0.717, 1.165) is 5.75 Å². The summed E-state index contributed by atoms with van der Waals surface area (Å²) in [6.45, 7) is 2.68. The minimum absolute atomic E-state index is 0.673. The van der Waals surface area contributed by atoms with Crippen molar-refractivity contribution in [2.45, 2.75) is 6.92 Å². The van der Waals surface area contributed by atoms with E-state index in [0.29, 0.717) is 6.61 Å². The van der Waals surface area contributed by atoms with Crippen molar-refractivity contribution in [3.8, 4) is 28.0 Å². The fourth-order valence-electron chi connectivity index (χ4n) is 2.44. The number of hydrogen-bond acceptors (Lipinski definition) is 1. The molecule has 0 fully saturated rings. The van der Waals surface area contributed by atoms with Crippen LogP contribution in [0.1, 0.15) is 6.92 Å². The van der Waals surface area contributed by atoms with Gasteiger partial charge in [-0.05, 0) is 47.4 Å². The second-order valence-corrected chi connectivity index (χ2v) is 4.91. The Morgan fingerprint density at radius 1 is 0.619 bits per heavy atom. The molecule has 3 aromatic rings. The molecular formula is C20H18O. The molecule has 0 amide bonds. The molecule has 3 aromatic carbocycles. The molecule has 104 valence electrons. The summed E-state index contributed by atoms with van der Waals surface area (Å²) < 4.78 is 5.73. The van der Waals surface area contributed by atoms with Crippen molar-refractivity contribution < 1.29 is 4.74 Å². The Kier molecular flexibility index (Phi) is 4.02. The van der Waals surface area contributed by atoms with Crippen LogP contribution in [-0.4, -0.2) is 6.61 Å². The summed E-state index contributed by atoms with van der Waals surface area (Å²) in [6.07, 6.45) is 0. The fraction of sp³-hybridized carbons (Fsp3) is 0.100. The van der Waals surface area contributed by atoms with Crippen molar-refractivity contribution in [1.29, 1.82) is 0 Å². The lowest BCUT2D eigenvalue weighted by atomic mass is 9.98. The van der Waals surface area contributed by atoms with Gasteiger partial charge >= 0.3 is 0 Å². The van der Waals surface area contributed by atoms with E-state index in [1.807, 2.05) is 19.1 Å². The van der Waals surface area contributed by atoms with Gasteiger partial charge in [-0.3, -0.25) is 0 Å². The van der Waals surface area contributed by atoms with Gasteiger partial charge in [-0.1, -0.05) is 60.7 Å². The summed E-state index contributed by atoms with van der Waals surface area (Å²) in [5.41, 5.74) is 4.77. The van der Waals surface area contributed by atoms with E-state index in [9.17, 15) is 0 Å². The lowest BCUT2D eigenvalue weighted by molar-refractivity contribution is 0.340. The Hall–Kier alpha value is -2.54. The smallest absolute Gasteiger partial charge is 0.120 e. The maximum absolute atomic E-state index is 5.73. The highest BCUT2D eigenvalue weighted by Crippen LogP contribution is 2.31. The third kappa shape index (κ3) is 3.14. The highest BCUT2D eigenvalue weighted by molar-refractivity contribution is 5.75. The number of hydrogen-bond donors (Lipinski definition) is 0. The molecule has 0 saturated heterocycles. The summed E-state index contributed by atoms with van der Waals surface area (Å²) in [7, 11) is 0. The molecule has 0 bridgehead atoms. The summed E-state index contributed by atoms with van der Waals surface area (Å²) >= 11 is 0. The largest absolute Gasteiger partial charge is 0.494 e. The molecule has 0 aliphatic carbocycles. The van der Waals surface area contributed by atoms with Crippen LogP contribution < -0.4 is 4.74 Å². The molecule has 0 atom stereocenters. The zero-order valence-corrected chi connectivity index (χ0v) is 12.1. The quantitative estimate of drug-likeness (QED) is 0.617. The van der Waals surface area contributed by atoms with Crippen molar-refractivity contribution in [3.63, 3.8) is 0 Å². The first-order valence-corrected chi connectivity index (χ1v) is 7.25. The molecule has 1 heteroatoms. The Bertz CT molecular complexity index is 645. The van der Waals surface area contributed by atoms with Crippen LogP contribution in [0.2, 0.25) is 0 Å². The summed E-state index contributed by atoms with van der Waals surface area (Å²) in [5.74, 6) is 0.915. The highest BCUT2D eigenvalue weighted by atomic mass is 16.5. The second-order valence-electron chi connectivity index (χ2n) is 4.91. The van der Waals surface area contributed by atoms with E-state index in [-0.39, 0.29) is 0 Å². The van der Waals surface area contributed by atoms with Gasteiger partial charge in [0.25, 0.3) is 0 Å². The topological polar surface area (TPSA) is 9.23 Å². The molecule has 3 rings (SSSR count). The molecule has 0 spiro atoms. The van der Waals surface area contributed by atoms with Gasteiger partial charge in [0.15, 0.2) is 0 Å². The van der Waals surface area contributed by atoms with E-state index >= 15 is 0 Å². The van der Waals surface area contributed by atoms with Crippen molar-refractivity contribution >= 4 is 0 Å². The lowest BCUT2D eigenvalue weighted by Gasteiger charge is -2.11. The van der Waals surface area contributed by atoms with E-state index in [1.165, 1.54) is 22.3 Å². The number of benzene rings is 3. The normalized spacial score (nSPS) is 10.3. The molecule has 0 aromatic heterocycles. The van der Waals surface area contributed by atoms with E-state index in [4.69, 9.17) is 4.74 Å². The first-order chi connectivity index (χ1) is 10.4. The van der Waals surface area contributed by atoms with Gasteiger partial charge < -0.3 is 4.74 Å². The SMILES string of the molecule is CCOc1cc(-c2ccccc2)cc(-c2ccccc2)c1. The van der Waals surface area contributed by atoms with Gasteiger partial charge in [0.1, 0.15) is 5.75 Å². The Balaban J connectivity index is 2.11. The molecule has 0 unspecified atom stereocenters. The molecular weight excluding hydrogens is 256 g/mol. The fourth-order valence-corrected chi connectivity index (χ4v) is 2.44. The molecule has 0 heterocycles. The third-order valence-corrected chi connectivity index (χ3v) is 3.43. The first-order valence-electron chi connectivity index (χ1n) is 7.25.